The number of nitrogens with zero attached hydrogens (tertiary/aromatic N) is 2. The Labute approximate surface area is 160 Å². The Morgan fingerprint density at radius 1 is 0.963 bits per heavy atom. The summed E-state index contributed by atoms with van der Waals surface area (Å²) in [5, 5.41) is 0. The highest BCUT2D eigenvalue weighted by Crippen LogP contribution is 2.14. The number of aryl methyl sites for hydroxylation is 3. The van der Waals surface area contributed by atoms with Crippen molar-refractivity contribution in [1.29, 1.82) is 0 Å². The number of hydrogen-bond acceptors (Lipinski definition) is 3. The van der Waals surface area contributed by atoms with E-state index in [1.807, 2.05) is 56.0 Å². The molecule has 1 N–H and O–H groups in total. The zero-order chi connectivity index (χ0) is 19.4. The summed E-state index contributed by atoms with van der Waals surface area (Å²) in [5.74, 6) is 0.764. The second kappa shape index (κ2) is 8.29. The number of aromatic amines is 1. The molecule has 144 valence electrons. The van der Waals surface area contributed by atoms with Gasteiger partial charge in [-0.15, -0.1) is 0 Å². The van der Waals surface area contributed by atoms with E-state index in [9.17, 15) is 9.59 Å². The third kappa shape index (κ3) is 4.90. The van der Waals surface area contributed by atoms with Crippen molar-refractivity contribution >= 4 is 11.8 Å². The largest absolute Gasteiger partial charge is 0.484 e. The molecule has 2 amide bonds. The topological polar surface area (TPSA) is 65.6 Å². The Bertz CT molecular complexity index is 803. The fraction of sp³-hybridized carbons (Fsp3) is 0.429. The Hall–Kier alpha value is -2.76. The molecule has 27 heavy (non-hydrogen) atoms. The summed E-state index contributed by atoms with van der Waals surface area (Å²) in [6.07, 6.45) is 0.403. The SMILES string of the molecule is Cc1ccc(OCC(=O)N2CCN(C(=O)Cc3cc(C)[nH]c3C)CC2)cc1. The van der Waals surface area contributed by atoms with Gasteiger partial charge in [0.1, 0.15) is 5.75 Å². The highest BCUT2D eigenvalue weighted by molar-refractivity contribution is 5.80. The fourth-order valence-electron chi connectivity index (χ4n) is 3.32. The van der Waals surface area contributed by atoms with Crippen molar-refractivity contribution < 1.29 is 14.3 Å². The molecular formula is C21H27N3O3. The van der Waals surface area contributed by atoms with Crippen LogP contribution >= 0.6 is 0 Å². The smallest absolute Gasteiger partial charge is 0.260 e. The molecule has 6 nitrogen and oxygen atoms in total. The van der Waals surface area contributed by atoms with Crippen LogP contribution in [0, 0.1) is 20.8 Å². The molecule has 1 aromatic carbocycles. The third-order valence-electron chi connectivity index (χ3n) is 4.97. The molecule has 2 aromatic rings. The van der Waals surface area contributed by atoms with Crippen LogP contribution in [0.2, 0.25) is 0 Å². The number of nitrogens with one attached hydrogen (secondary N) is 1. The van der Waals surface area contributed by atoms with Crippen LogP contribution in [-0.2, 0) is 16.0 Å². The second-order valence-electron chi connectivity index (χ2n) is 7.14. The molecule has 0 spiro atoms. The van der Waals surface area contributed by atoms with E-state index in [1.54, 1.807) is 4.90 Å². The Morgan fingerprint density at radius 2 is 1.56 bits per heavy atom. The number of H-pyrrole nitrogens is 1. The van der Waals surface area contributed by atoms with Crippen molar-refractivity contribution in [1.82, 2.24) is 14.8 Å². The van der Waals surface area contributed by atoms with Crippen LogP contribution < -0.4 is 4.74 Å². The molecule has 1 aromatic heterocycles. The Morgan fingerprint density at radius 3 is 2.11 bits per heavy atom. The molecule has 0 atom stereocenters. The van der Waals surface area contributed by atoms with Gasteiger partial charge in [0.2, 0.25) is 5.91 Å². The van der Waals surface area contributed by atoms with Crippen LogP contribution in [-0.4, -0.2) is 59.4 Å². The molecule has 1 aliphatic rings. The van der Waals surface area contributed by atoms with Crippen LogP contribution in [0.5, 0.6) is 5.75 Å². The molecule has 0 unspecified atom stereocenters. The average molecular weight is 369 g/mol. The highest BCUT2D eigenvalue weighted by Gasteiger charge is 2.24. The Balaban J connectivity index is 1.45. The first kappa shape index (κ1) is 19.0. The standard InChI is InChI=1S/C21H27N3O3/c1-15-4-6-19(7-5-15)27-14-21(26)24-10-8-23(9-11-24)20(25)13-18-12-16(2)22-17(18)3/h4-7,12,22H,8-11,13-14H2,1-3H3. The first-order valence-electron chi connectivity index (χ1n) is 9.32. The summed E-state index contributed by atoms with van der Waals surface area (Å²) in [6.45, 7) is 8.24. The molecule has 0 radical (unpaired) electrons. The Kier molecular flexibility index (Phi) is 5.84. The van der Waals surface area contributed by atoms with Crippen LogP contribution in [0.4, 0.5) is 0 Å². The minimum absolute atomic E-state index is 0.0266. The lowest BCUT2D eigenvalue weighted by Gasteiger charge is -2.34. The monoisotopic (exact) mass is 369 g/mol. The first-order chi connectivity index (χ1) is 12.9. The van der Waals surface area contributed by atoms with Crippen LogP contribution in [0.1, 0.15) is 22.5 Å². The van der Waals surface area contributed by atoms with Gasteiger partial charge in [-0.25, -0.2) is 0 Å². The molecule has 6 heteroatoms. The van der Waals surface area contributed by atoms with Crippen molar-refractivity contribution in [3.05, 3.63) is 52.8 Å². The van der Waals surface area contributed by atoms with Crippen LogP contribution in [0.25, 0.3) is 0 Å². The maximum absolute atomic E-state index is 12.5. The van der Waals surface area contributed by atoms with E-state index >= 15 is 0 Å². The number of piperazine rings is 1. The summed E-state index contributed by atoms with van der Waals surface area (Å²) in [7, 11) is 0. The van der Waals surface area contributed by atoms with E-state index in [0.717, 1.165) is 22.5 Å². The van der Waals surface area contributed by atoms with E-state index in [4.69, 9.17) is 4.74 Å². The normalized spacial score (nSPS) is 14.3. The summed E-state index contributed by atoms with van der Waals surface area (Å²) >= 11 is 0. The minimum atomic E-state index is -0.0419. The maximum Gasteiger partial charge on any atom is 0.260 e. The summed E-state index contributed by atoms with van der Waals surface area (Å²) in [4.78, 5) is 31.7. The second-order valence-corrected chi connectivity index (χ2v) is 7.14. The lowest BCUT2D eigenvalue weighted by Crippen LogP contribution is -2.52. The van der Waals surface area contributed by atoms with Crippen molar-refractivity contribution in [2.24, 2.45) is 0 Å². The van der Waals surface area contributed by atoms with E-state index in [-0.39, 0.29) is 18.4 Å². The third-order valence-corrected chi connectivity index (χ3v) is 4.97. The number of carbonyl (C=O) groups excluding carboxylic acids is 2. The molecule has 1 saturated heterocycles. The predicted octanol–water partition coefficient (Wildman–Crippen LogP) is 2.23. The highest BCUT2D eigenvalue weighted by atomic mass is 16.5. The van der Waals surface area contributed by atoms with Crippen molar-refractivity contribution in [3.63, 3.8) is 0 Å². The molecule has 1 fully saturated rings. The predicted molar refractivity (Wildman–Crippen MR) is 104 cm³/mol. The number of hydrogen-bond donors (Lipinski definition) is 1. The minimum Gasteiger partial charge on any atom is -0.484 e. The molecule has 0 bridgehead atoms. The van der Waals surface area contributed by atoms with Gasteiger partial charge in [0, 0.05) is 37.6 Å². The lowest BCUT2D eigenvalue weighted by atomic mass is 10.1. The van der Waals surface area contributed by atoms with Crippen molar-refractivity contribution in [3.8, 4) is 5.75 Å². The van der Waals surface area contributed by atoms with Crippen molar-refractivity contribution in [2.75, 3.05) is 32.8 Å². The van der Waals surface area contributed by atoms with E-state index in [0.29, 0.717) is 38.3 Å². The summed E-state index contributed by atoms with van der Waals surface area (Å²) in [5.41, 5.74) is 4.31. The van der Waals surface area contributed by atoms with E-state index in [1.165, 1.54) is 0 Å². The van der Waals surface area contributed by atoms with E-state index in [2.05, 4.69) is 4.98 Å². The van der Waals surface area contributed by atoms with Gasteiger partial charge in [-0.1, -0.05) is 17.7 Å². The van der Waals surface area contributed by atoms with E-state index < -0.39 is 0 Å². The summed E-state index contributed by atoms with van der Waals surface area (Å²) in [6, 6.07) is 9.67. The number of rotatable bonds is 5. The van der Waals surface area contributed by atoms with Crippen LogP contribution in [0.3, 0.4) is 0 Å². The van der Waals surface area contributed by atoms with Gasteiger partial charge in [0.15, 0.2) is 6.61 Å². The molecule has 0 aliphatic carbocycles. The first-order valence-corrected chi connectivity index (χ1v) is 9.32. The van der Waals surface area contributed by atoms with Crippen LogP contribution in [0.15, 0.2) is 30.3 Å². The molecular weight excluding hydrogens is 342 g/mol. The van der Waals surface area contributed by atoms with Gasteiger partial charge in [-0.05, 0) is 44.5 Å². The maximum atomic E-state index is 12.5. The van der Waals surface area contributed by atoms with Gasteiger partial charge >= 0.3 is 0 Å². The molecule has 1 aliphatic heterocycles. The number of amides is 2. The molecule has 2 heterocycles. The van der Waals surface area contributed by atoms with Gasteiger partial charge in [-0.3, -0.25) is 9.59 Å². The number of ether oxygens (including phenoxy) is 1. The van der Waals surface area contributed by atoms with Gasteiger partial charge in [0.25, 0.3) is 5.91 Å². The zero-order valence-electron chi connectivity index (χ0n) is 16.2. The average Bonchev–Trinajstić information content (AvgIpc) is 2.98. The number of benzene rings is 1. The molecule has 3 rings (SSSR count). The number of aromatic nitrogens is 1. The van der Waals surface area contributed by atoms with Gasteiger partial charge < -0.3 is 19.5 Å². The molecule has 0 saturated carbocycles. The van der Waals surface area contributed by atoms with Crippen molar-refractivity contribution in [2.45, 2.75) is 27.2 Å². The summed E-state index contributed by atoms with van der Waals surface area (Å²) < 4.78 is 5.57. The number of carbonyl (C=O) groups is 2. The van der Waals surface area contributed by atoms with Gasteiger partial charge in [0.05, 0.1) is 6.42 Å². The van der Waals surface area contributed by atoms with Gasteiger partial charge in [-0.2, -0.15) is 0 Å². The fourth-order valence-corrected chi connectivity index (χ4v) is 3.32. The zero-order valence-corrected chi connectivity index (χ0v) is 16.2. The lowest BCUT2D eigenvalue weighted by molar-refractivity contribution is -0.140. The quantitative estimate of drug-likeness (QED) is 0.879.